The van der Waals surface area contributed by atoms with Crippen LogP contribution >= 0.6 is 11.8 Å². The number of carbonyl (C=O) groups excluding carboxylic acids is 1. The van der Waals surface area contributed by atoms with Gasteiger partial charge in [-0.2, -0.15) is 11.8 Å². The van der Waals surface area contributed by atoms with E-state index < -0.39 is 0 Å². The molecule has 3 nitrogen and oxygen atoms in total. The molecule has 1 fully saturated rings. The van der Waals surface area contributed by atoms with Crippen LogP contribution in [0.15, 0.2) is 35.9 Å². The summed E-state index contributed by atoms with van der Waals surface area (Å²) in [6.45, 7) is 2.02. The Morgan fingerprint density at radius 2 is 2.00 bits per heavy atom. The van der Waals surface area contributed by atoms with E-state index >= 15 is 0 Å². The Labute approximate surface area is 130 Å². The summed E-state index contributed by atoms with van der Waals surface area (Å²) in [5.74, 6) is 2.10. The number of hydrogen-bond donors (Lipinski definition) is 2. The molecule has 1 aromatic rings. The third-order valence-corrected chi connectivity index (χ3v) is 4.75. The highest BCUT2D eigenvalue weighted by Crippen LogP contribution is 2.22. The predicted octanol–water partition coefficient (Wildman–Crippen LogP) is 2.85. The molecule has 1 heterocycles. The summed E-state index contributed by atoms with van der Waals surface area (Å²) in [5, 5.41) is 12.4. The van der Waals surface area contributed by atoms with Gasteiger partial charge in [-0.05, 0) is 41.9 Å². The van der Waals surface area contributed by atoms with Gasteiger partial charge in [0.05, 0.1) is 12.6 Å². The van der Waals surface area contributed by atoms with Gasteiger partial charge in [0.2, 0.25) is 5.91 Å². The number of amides is 1. The molecule has 2 rings (SSSR count). The van der Waals surface area contributed by atoms with Crippen molar-refractivity contribution >= 4 is 17.7 Å². The maximum Gasteiger partial charge on any atom is 0.244 e. The smallest absolute Gasteiger partial charge is 0.244 e. The molecule has 21 heavy (non-hydrogen) atoms. The first-order valence-corrected chi connectivity index (χ1v) is 8.65. The Balaban J connectivity index is 1.98. The van der Waals surface area contributed by atoms with E-state index in [1.807, 2.05) is 36.0 Å². The molecule has 1 aliphatic rings. The molecule has 1 amide bonds. The normalized spacial score (nSPS) is 16.4. The van der Waals surface area contributed by atoms with Crippen molar-refractivity contribution in [3.63, 3.8) is 0 Å². The van der Waals surface area contributed by atoms with Crippen LogP contribution in [0.1, 0.15) is 36.9 Å². The summed E-state index contributed by atoms with van der Waals surface area (Å²) >= 11 is 1.93. The molecule has 1 saturated heterocycles. The van der Waals surface area contributed by atoms with Gasteiger partial charge < -0.3 is 10.4 Å². The number of aliphatic hydroxyl groups excluding tert-OH is 1. The van der Waals surface area contributed by atoms with Crippen LogP contribution in [0.3, 0.4) is 0 Å². The number of nitrogens with one attached hydrogen (secondary N) is 1. The minimum Gasteiger partial charge on any atom is -0.394 e. The quantitative estimate of drug-likeness (QED) is 0.823. The van der Waals surface area contributed by atoms with E-state index in [1.165, 1.54) is 11.1 Å². The molecular formula is C17H23NO2S. The number of allylic oxidation sites excluding steroid dienone is 1. The van der Waals surface area contributed by atoms with Crippen molar-refractivity contribution < 1.29 is 9.90 Å². The molecule has 0 radical (unpaired) electrons. The molecule has 114 valence electrons. The largest absolute Gasteiger partial charge is 0.394 e. The highest BCUT2D eigenvalue weighted by molar-refractivity contribution is 7.99. The predicted molar refractivity (Wildman–Crippen MR) is 88.4 cm³/mol. The van der Waals surface area contributed by atoms with Crippen LogP contribution in [0.5, 0.6) is 0 Å². The van der Waals surface area contributed by atoms with Crippen molar-refractivity contribution in [2.75, 3.05) is 18.1 Å². The number of carbonyl (C=O) groups is 1. The van der Waals surface area contributed by atoms with Gasteiger partial charge in [-0.25, -0.2) is 0 Å². The Morgan fingerprint density at radius 1 is 1.33 bits per heavy atom. The molecular weight excluding hydrogens is 282 g/mol. The lowest BCUT2D eigenvalue weighted by molar-refractivity contribution is -0.117. The van der Waals surface area contributed by atoms with E-state index in [0.717, 1.165) is 36.3 Å². The number of aryl methyl sites for hydroxylation is 1. The summed E-state index contributed by atoms with van der Waals surface area (Å²) in [6, 6.07) is 7.70. The number of benzene rings is 1. The second-order valence-corrected chi connectivity index (χ2v) is 6.48. The molecule has 2 N–H and O–H groups in total. The summed E-state index contributed by atoms with van der Waals surface area (Å²) in [7, 11) is 0. The summed E-state index contributed by atoms with van der Waals surface area (Å²) in [5.41, 5.74) is 3.41. The Bertz CT molecular complexity index is 488. The van der Waals surface area contributed by atoms with Crippen molar-refractivity contribution in [1.82, 2.24) is 5.32 Å². The molecule has 1 unspecified atom stereocenters. The van der Waals surface area contributed by atoms with Crippen molar-refractivity contribution in [3.05, 3.63) is 47.0 Å². The second-order valence-electron chi connectivity index (χ2n) is 5.25. The van der Waals surface area contributed by atoms with E-state index in [1.54, 1.807) is 6.08 Å². The monoisotopic (exact) mass is 305 g/mol. The Morgan fingerprint density at radius 3 is 2.57 bits per heavy atom. The van der Waals surface area contributed by atoms with Crippen LogP contribution in [0.25, 0.3) is 0 Å². The maximum absolute atomic E-state index is 12.1. The fourth-order valence-corrected chi connectivity index (χ4v) is 3.41. The molecule has 1 aromatic carbocycles. The molecule has 1 atom stereocenters. The first-order valence-electron chi connectivity index (χ1n) is 7.50. The molecule has 4 heteroatoms. The number of thioether (sulfide) groups is 1. The third kappa shape index (κ3) is 4.90. The number of aliphatic hydroxyl groups is 1. The lowest BCUT2D eigenvalue weighted by Crippen LogP contribution is -2.29. The van der Waals surface area contributed by atoms with Gasteiger partial charge in [-0.1, -0.05) is 36.8 Å². The van der Waals surface area contributed by atoms with Gasteiger partial charge in [-0.15, -0.1) is 0 Å². The zero-order chi connectivity index (χ0) is 15.1. The van der Waals surface area contributed by atoms with Crippen LogP contribution in [-0.4, -0.2) is 29.1 Å². The van der Waals surface area contributed by atoms with Gasteiger partial charge in [0.1, 0.15) is 0 Å². The van der Waals surface area contributed by atoms with Crippen LogP contribution < -0.4 is 5.32 Å². The molecule has 0 aliphatic carbocycles. The lowest BCUT2D eigenvalue weighted by atomic mass is 10.0. The van der Waals surface area contributed by atoms with Crippen molar-refractivity contribution in [3.8, 4) is 0 Å². The lowest BCUT2D eigenvalue weighted by Gasteiger charge is -2.17. The highest BCUT2D eigenvalue weighted by Gasteiger charge is 2.14. The third-order valence-electron chi connectivity index (χ3n) is 3.76. The van der Waals surface area contributed by atoms with Crippen LogP contribution in [0.2, 0.25) is 0 Å². The fraction of sp³-hybridized carbons (Fsp3) is 0.471. The van der Waals surface area contributed by atoms with E-state index in [9.17, 15) is 9.90 Å². The average Bonchev–Trinajstić information content (AvgIpc) is 2.53. The van der Waals surface area contributed by atoms with Crippen LogP contribution in [0, 0.1) is 0 Å². The molecule has 0 bridgehead atoms. The molecule has 1 aliphatic heterocycles. The van der Waals surface area contributed by atoms with Gasteiger partial charge in [0.25, 0.3) is 0 Å². The topological polar surface area (TPSA) is 49.3 Å². The van der Waals surface area contributed by atoms with Gasteiger partial charge >= 0.3 is 0 Å². The van der Waals surface area contributed by atoms with Gasteiger partial charge in [0.15, 0.2) is 0 Å². The highest BCUT2D eigenvalue weighted by atomic mass is 32.2. The fourth-order valence-electron chi connectivity index (χ4n) is 2.40. The second kappa shape index (κ2) is 8.25. The summed E-state index contributed by atoms with van der Waals surface area (Å²) in [4.78, 5) is 12.1. The zero-order valence-corrected chi connectivity index (χ0v) is 13.3. The van der Waals surface area contributed by atoms with Crippen molar-refractivity contribution in [2.45, 2.75) is 32.2 Å². The Kier molecular flexibility index (Phi) is 6.33. The maximum atomic E-state index is 12.1. The van der Waals surface area contributed by atoms with Crippen molar-refractivity contribution in [2.24, 2.45) is 0 Å². The minimum atomic E-state index is -0.335. The zero-order valence-electron chi connectivity index (χ0n) is 12.5. The van der Waals surface area contributed by atoms with Crippen LogP contribution in [-0.2, 0) is 11.2 Å². The van der Waals surface area contributed by atoms with Gasteiger partial charge in [0, 0.05) is 6.08 Å². The molecule has 0 saturated carbocycles. The van der Waals surface area contributed by atoms with Gasteiger partial charge in [-0.3, -0.25) is 4.79 Å². The molecule has 0 aromatic heterocycles. The first kappa shape index (κ1) is 16.1. The van der Waals surface area contributed by atoms with E-state index in [0.29, 0.717) is 0 Å². The SMILES string of the molecule is CCc1ccc(C(CO)NC(=O)C=C2CCSCC2)cc1. The van der Waals surface area contributed by atoms with Crippen molar-refractivity contribution in [1.29, 1.82) is 0 Å². The molecule has 0 spiro atoms. The first-order chi connectivity index (χ1) is 10.2. The van der Waals surface area contributed by atoms with E-state index in [2.05, 4.69) is 12.2 Å². The minimum absolute atomic E-state index is 0.0871. The summed E-state index contributed by atoms with van der Waals surface area (Å²) < 4.78 is 0. The Hall–Kier alpha value is -1.26. The average molecular weight is 305 g/mol. The number of hydrogen-bond acceptors (Lipinski definition) is 3. The number of rotatable bonds is 5. The standard InChI is InChI=1S/C17H23NO2S/c1-2-13-3-5-15(6-4-13)16(12-19)18-17(20)11-14-7-9-21-10-8-14/h3-6,11,16,19H,2,7-10,12H2,1H3,(H,18,20). The van der Waals surface area contributed by atoms with Crippen LogP contribution in [0.4, 0.5) is 0 Å². The van der Waals surface area contributed by atoms with E-state index in [-0.39, 0.29) is 18.6 Å². The summed E-state index contributed by atoms with van der Waals surface area (Å²) in [6.07, 6.45) is 4.68. The van der Waals surface area contributed by atoms with E-state index in [4.69, 9.17) is 0 Å².